The molecule has 3 aliphatic rings. The smallest absolute Gasteiger partial charge is 0.113 e. The van der Waals surface area contributed by atoms with Crippen LogP contribution in [0.4, 0.5) is 17.1 Å². The average Bonchev–Trinajstić information content (AvgIpc) is 3.66. The summed E-state index contributed by atoms with van der Waals surface area (Å²) >= 11 is 0. The number of para-hydroxylation sites is 1. The van der Waals surface area contributed by atoms with Crippen molar-refractivity contribution in [3.63, 3.8) is 0 Å². The largest absolute Gasteiger partial charge is 0.310 e. The fourth-order valence-corrected chi connectivity index (χ4v) is 14.0. The Morgan fingerprint density at radius 3 is 1.46 bits per heavy atom. The highest BCUT2D eigenvalue weighted by molar-refractivity contribution is 7.01. The maximum Gasteiger partial charge on any atom is 0.113 e. The normalized spacial score (nSPS) is 15.6. The van der Waals surface area contributed by atoms with Gasteiger partial charge in [0.1, 0.15) is 8.07 Å². The van der Waals surface area contributed by atoms with Gasteiger partial charge < -0.3 is 4.90 Å². The molecule has 0 saturated carbocycles. The summed E-state index contributed by atoms with van der Waals surface area (Å²) in [5.41, 5.74) is 19.0. The molecule has 56 heavy (non-hydrogen) atoms. The van der Waals surface area contributed by atoms with Crippen LogP contribution in [-0.2, 0) is 10.8 Å². The van der Waals surface area contributed by atoms with E-state index in [1.807, 2.05) is 0 Å². The number of hydrogen-bond donors (Lipinski definition) is 0. The zero-order valence-corrected chi connectivity index (χ0v) is 33.3. The predicted molar refractivity (Wildman–Crippen MR) is 238 cm³/mol. The summed E-state index contributed by atoms with van der Waals surface area (Å²) in [6.45, 7) is 9.82. The van der Waals surface area contributed by atoms with Gasteiger partial charge in [0.15, 0.2) is 0 Å². The summed E-state index contributed by atoms with van der Waals surface area (Å²) < 4.78 is 0. The Kier molecular flexibility index (Phi) is 7.04. The van der Waals surface area contributed by atoms with Gasteiger partial charge in [0, 0.05) is 22.4 Å². The third-order valence-corrected chi connectivity index (χ3v) is 16.9. The highest BCUT2D eigenvalue weighted by atomic mass is 28.3. The second-order valence-corrected chi connectivity index (χ2v) is 21.2. The molecule has 0 atom stereocenters. The number of hydrogen-bond acceptors (Lipinski definition) is 1. The molecular weight excluding hydrogens is 691 g/mol. The quantitative estimate of drug-likeness (QED) is 0.163. The number of fused-ring (bicyclic) bond motifs is 12. The van der Waals surface area contributed by atoms with Crippen molar-refractivity contribution < 1.29 is 0 Å². The van der Waals surface area contributed by atoms with Gasteiger partial charge in [0.25, 0.3) is 0 Å². The lowest BCUT2D eigenvalue weighted by molar-refractivity contribution is 0.660. The summed E-state index contributed by atoms with van der Waals surface area (Å²) in [6.07, 6.45) is 0. The van der Waals surface area contributed by atoms with Crippen LogP contribution < -0.4 is 15.3 Å². The molecule has 1 aliphatic heterocycles. The Morgan fingerprint density at radius 1 is 0.375 bits per heavy atom. The topological polar surface area (TPSA) is 3.24 Å². The first-order chi connectivity index (χ1) is 27.3. The SMILES string of the molecule is CC1(C)c2ccccc2-c2ccc(N(c3ccc4c(c3)C3(c5ccccc5-4)c4ccccc4[Si](C)(C)c4ccccc43)c3ccccc3-c3ccccc3)cc21. The van der Waals surface area contributed by atoms with Crippen molar-refractivity contribution >= 4 is 35.5 Å². The van der Waals surface area contributed by atoms with E-state index in [-0.39, 0.29) is 5.41 Å². The summed E-state index contributed by atoms with van der Waals surface area (Å²) in [5.74, 6) is 0. The zero-order chi connectivity index (χ0) is 37.8. The van der Waals surface area contributed by atoms with Crippen LogP contribution in [0, 0.1) is 0 Å². The van der Waals surface area contributed by atoms with Crippen molar-refractivity contribution in [1.29, 1.82) is 0 Å². The molecule has 0 aromatic heterocycles. The number of rotatable bonds is 4. The van der Waals surface area contributed by atoms with Gasteiger partial charge in [-0.2, -0.15) is 0 Å². The molecule has 0 saturated heterocycles. The minimum absolute atomic E-state index is 0.123. The summed E-state index contributed by atoms with van der Waals surface area (Å²) in [5, 5.41) is 3.05. The van der Waals surface area contributed by atoms with Gasteiger partial charge in [0.2, 0.25) is 0 Å². The van der Waals surface area contributed by atoms with Gasteiger partial charge in [-0.05, 0) is 102 Å². The zero-order valence-electron chi connectivity index (χ0n) is 32.3. The van der Waals surface area contributed by atoms with Crippen LogP contribution in [0.3, 0.4) is 0 Å². The van der Waals surface area contributed by atoms with E-state index < -0.39 is 13.5 Å². The first kappa shape index (κ1) is 33.1. The van der Waals surface area contributed by atoms with Crippen molar-refractivity contribution in [2.75, 3.05) is 4.90 Å². The summed E-state index contributed by atoms with van der Waals surface area (Å²) in [4.78, 5) is 2.53. The molecular formula is C54H43NSi. The third kappa shape index (κ3) is 4.36. The molecule has 11 rings (SSSR count). The van der Waals surface area contributed by atoms with Crippen molar-refractivity contribution in [2.45, 2.75) is 37.8 Å². The molecule has 8 aromatic rings. The second-order valence-electron chi connectivity index (χ2n) is 16.9. The lowest BCUT2D eigenvalue weighted by atomic mass is 9.67. The van der Waals surface area contributed by atoms with Gasteiger partial charge in [0.05, 0.1) is 11.1 Å². The third-order valence-electron chi connectivity index (χ3n) is 13.4. The van der Waals surface area contributed by atoms with E-state index in [4.69, 9.17) is 0 Å². The minimum Gasteiger partial charge on any atom is -0.310 e. The molecule has 268 valence electrons. The Balaban J connectivity index is 1.21. The van der Waals surface area contributed by atoms with Crippen molar-refractivity contribution in [3.8, 4) is 33.4 Å². The number of nitrogens with zero attached hydrogens (tertiary/aromatic N) is 1. The highest BCUT2D eigenvalue weighted by Gasteiger charge is 2.53. The van der Waals surface area contributed by atoms with Crippen LogP contribution in [0.2, 0.25) is 13.1 Å². The molecule has 8 aromatic carbocycles. The standard InChI is InChI=1S/C54H43NSi/c1-53(2)44-23-11-8-21-40(44)42-32-30-37(34-48(42)53)55(50-27-15-10-20-39(50)36-18-6-5-7-19-36)38-31-33-43-41-22-9-12-24-45(41)54(49(43)35-38)46-25-13-16-28-51(46)56(3,4)52-29-17-14-26-47(52)54/h5-35H,1-4H3. The molecule has 2 aliphatic carbocycles. The molecule has 0 fully saturated rings. The van der Waals surface area contributed by atoms with Crippen molar-refractivity contribution in [3.05, 3.63) is 221 Å². The van der Waals surface area contributed by atoms with E-state index in [1.54, 1.807) is 0 Å². The highest BCUT2D eigenvalue weighted by Crippen LogP contribution is 2.59. The van der Waals surface area contributed by atoms with Crippen LogP contribution in [0.15, 0.2) is 188 Å². The molecule has 0 radical (unpaired) electrons. The Labute approximate surface area is 331 Å². The van der Waals surface area contributed by atoms with E-state index in [2.05, 4.69) is 220 Å². The maximum absolute atomic E-state index is 2.54. The fourth-order valence-electron chi connectivity index (χ4n) is 10.8. The molecule has 1 spiro atoms. The average molecular weight is 734 g/mol. The molecule has 0 amide bonds. The minimum atomic E-state index is -2.01. The van der Waals surface area contributed by atoms with E-state index in [1.165, 1.54) is 77.1 Å². The van der Waals surface area contributed by atoms with Crippen LogP contribution in [-0.4, -0.2) is 8.07 Å². The van der Waals surface area contributed by atoms with Gasteiger partial charge in [-0.15, -0.1) is 0 Å². The Hall–Kier alpha value is -6.22. The lowest BCUT2D eigenvalue weighted by Gasteiger charge is -2.46. The van der Waals surface area contributed by atoms with E-state index in [0.717, 1.165) is 17.1 Å². The van der Waals surface area contributed by atoms with E-state index >= 15 is 0 Å². The number of benzene rings is 8. The van der Waals surface area contributed by atoms with Gasteiger partial charge >= 0.3 is 0 Å². The van der Waals surface area contributed by atoms with Crippen LogP contribution >= 0.6 is 0 Å². The first-order valence-corrected chi connectivity index (χ1v) is 22.9. The van der Waals surface area contributed by atoms with Gasteiger partial charge in [-0.25, -0.2) is 0 Å². The van der Waals surface area contributed by atoms with Gasteiger partial charge in [-0.3, -0.25) is 0 Å². The summed E-state index contributed by atoms with van der Waals surface area (Å²) in [7, 11) is -2.01. The molecule has 1 nitrogen and oxygen atoms in total. The van der Waals surface area contributed by atoms with Gasteiger partial charge in [-0.1, -0.05) is 185 Å². The van der Waals surface area contributed by atoms with Crippen LogP contribution in [0.5, 0.6) is 0 Å². The Bertz CT molecular complexity index is 2830. The second kappa shape index (κ2) is 11.9. The van der Waals surface area contributed by atoms with Crippen molar-refractivity contribution in [2.24, 2.45) is 0 Å². The fraction of sp³-hybridized carbons (Fsp3) is 0.111. The molecule has 0 N–H and O–H groups in total. The maximum atomic E-state index is 2.54. The van der Waals surface area contributed by atoms with Crippen LogP contribution in [0.25, 0.3) is 33.4 Å². The van der Waals surface area contributed by atoms with E-state index in [0.29, 0.717) is 0 Å². The molecule has 0 unspecified atom stereocenters. The molecule has 0 bridgehead atoms. The lowest BCUT2D eigenvalue weighted by Crippen LogP contribution is -2.63. The Morgan fingerprint density at radius 2 is 0.821 bits per heavy atom. The first-order valence-electron chi connectivity index (χ1n) is 19.9. The summed E-state index contributed by atoms with van der Waals surface area (Å²) in [6, 6.07) is 71.1. The monoisotopic (exact) mass is 733 g/mol. The van der Waals surface area contributed by atoms with Crippen molar-refractivity contribution in [1.82, 2.24) is 0 Å². The van der Waals surface area contributed by atoms with E-state index in [9.17, 15) is 0 Å². The molecule has 2 heteroatoms. The molecule has 1 heterocycles. The van der Waals surface area contributed by atoms with Crippen LogP contribution in [0.1, 0.15) is 47.2 Å². The number of anilines is 3. The predicted octanol–water partition coefficient (Wildman–Crippen LogP) is 12.6.